The summed E-state index contributed by atoms with van der Waals surface area (Å²) in [5, 5.41) is 2.90. The minimum atomic E-state index is 0.00824. The molecule has 2 aromatic rings. The average Bonchev–Trinajstić information content (AvgIpc) is 2.74. The molecule has 82 valence electrons. The molecule has 1 aromatic carbocycles. The van der Waals surface area contributed by atoms with Gasteiger partial charge in [-0.2, -0.15) is 0 Å². The maximum absolute atomic E-state index is 11.7. The lowest BCUT2D eigenvalue weighted by Crippen LogP contribution is -2.14. The highest BCUT2D eigenvalue weighted by Crippen LogP contribution is 2.13. The number of aryl methyl sites for hydroxylation is 1. The van der Waals surface area contributed by atoms with Gasteiger partial charge in [0.15, 0.2) is 0 Å². The van der Waals surface area contributed by atoms with Crippen LogP contribution in [0.3, 0.4) is 0 Å². The lowest BCUT2D eigenvalue weighted by Gasteiger charge is -2.07. The van der Waals surface area contributed by atoms with Gasteiger partial charge >= 0.3 is 0 Å². The fraction of sp³-hybridized carbons (Fsp3) is 0.154. The van der Waals surface area contributed by atoms with E-state index in [-0.39, 0.29) is 5.91 Å². The van der Waals surface area contributed by atoms with Gasteiger partial charge in [0.05, 0.1) is 6.42 Å². The number of hydrogen-bond acceptors (Lipinski definition) is 1. The first kappa shape index (κ1) is 10.5. The molecule has 0 aliphatic rings. The van der Waals surface area contributed by atoms with Crippen LogP contribution in [-0.2, 0) is 11.2 Å². The van der Waals surface area contributed by atoms with Gasteiger partial charge in [0.1, 0.15) is 0 Å². The second-order valence-corrected chi connectivity index (χ2v) is 3.76. The van der Waals surface area contributed by atoms with Gasteiger partial charge in [0.25, 0.3) is 0 Å². The summed E-state index contributed by atoms with van der Waals surface area (Å²) in [4.78, 5) is 14.6. The molecule has 0 fully saturated rings. The largest absolute Gasteiger partial charge is 0.367 e. The minimum Gasteiger partial charge on any atom is -0.367 e. The van der Waals surface area contributed by atoms with E-state index in [1.165, 1.54) is 0 Å². The zero-order chi connectivity index (χ0) is 11.4. The average molecular weight is 214 g/mol. The summed E-state index contributed by atoms with van der Waals surface area (Å²) in [7, 11) is 0. The van der Waals surface area contributed by atoms with E-state index < -0.39 is 0 Å². The van der Waals surface area contributed by atoms with Crippen molar-refractivity contribution in [1.29, 1.82) is 0 Å². The molecule has 1 heterocycles. The van der Waals surface area contributed by atoms with Gasteiger partial charge in [-0.3, -0.25) is 4.79 Å². The molecule has 0 atom stereocenters. The standard InChI is InChI=1S/C13H14N2O/c1-10-4-2-3-5-12(10)15-13(16)8-11-6-7-14-9-11/h2-7,9,14H,8H2,1H3,(H,15,16). The van der Waals surface area contributed by atoms with Crippen molar-refractivity contribution in [2.45, 2.75) is 13.3 Å². The van der Waals surface area contributed by atoms with Gasteiger partial charge in [-0.1, -0.05) is 18.2 Å². The van der Waals surface area contributed by atoms with Crippen LogP contribution < -0.4 is 5.32 Å². The Morgan fingerprint density at radius 3 is 2.81 bits per heavy atom. The van der Waals surface area contributed by atoms with E-state index in [0.717, 1.165) is 16.8 Å². The van der Waals surface area contributed by atoms with E-state index in [1.807, 2.05) is 49.6 Å². The van der Waals surface area contributed by atoms with Crippen LogP contribution in [0.4, 0.5) is 5.69 Å². The predicted octanol–water partition coefficient (Wildman–Crippen LogP) is 2.50. The molecule has 1 aromatic heterocycles. The molecule has 0 bridgehead atoms. The lowest BCUT2D eigenvalue weighted by molar-refractivity contribution is -0.115. The number of anilines is 1. The van der Waals surface area contributed by atoms with Crippen molar-refractivity contribution in [3.63, 3.8) is 0 Å². The molecule has 3 heteroatoms. The lowest BCUT2D eigenvalue weighted by atomic mass is 10.2. The number of rotatable bonds is 3. The van der Waals surface area contributed by atoms with Crippen molar-refractivity contribution in [2.75, 3.05) is 5.32 Å². The van der Waals surface area contributed by atoms with Crippen LogP contribution in [0.5, 0.6) is 0 Å². The Hall–Kier alpha value is -2.03. The number of nitrogens with one attached hydrogen (secondary N) is 2. The van der Waals surface area contributed by atoms with Crippen molar-refractivity contribution in [3.05, 3.63) is 53.9 Å². The molecule has 0 aliphatic carbocycles. The van der Waals surface area contributed by atoms with E-state index in [0.29, 0.717) is 6.42 Å². The van der Waals surface area contributed by atoms with Crippen molar-refractivity contribution in [1.82, 2.24) is 4.98 Å². The van der Waals surface area contributed by atoms with Crippen LogP contribution in [0.25, 0.3) is 0 Å². The number of H-pyrrole nitrogens is 1. The fourth-order valence-corrected chi connectivity index (χ4v) is 1.56. The zero-order valence-corrected chi connectivity index (χ0v) is 9.16. The van der Waals surface area contributed by atoms with E-state index in [2.05, 4.69) is 10.3 Å². The number of carbonyl (C=O) groups excluding carboxylic acids is 1. The number of carbonyl (C=O) groups is 1. The van der Waals surface area contributed by atoms with Crippen LogP contribution >= 0.6 is 0 Å². The monoisotopic (exact) mass is 214 g/mol. The first-order chi connectivity index (χ1) is 7.75. The van der Waals surface area contributed by atoms with E-state index in [9.17, 15) is 4.79 Å². The molecular formula is C13H14N2O. The molecule has 2 rings (SSSR count). The van der Waals surface area contributed by atoms with Crippen LogP contribution in [-0.4, -0.2) is 10.9 Å². The molecule has 3 nitrogen and oxygen atoms in total. The smallest absolute Gasteiger partial charge is 0.228 e. The Morgan fingerprint density at radius 1 is 1.31 bits per heavy atom. The highest BCUT2D eigenvalue weighted by atomic mass is 16.1. The van der Waals surface area contributed by atoms with Crippen molar-refractivity contribution in [2.24, 2.45) is 0 Å². The third-order valence-corrected chi connectivity index (χ3v) is 2.45. The molecule has 0 spiro atoms. The summed E-state index contributed by atoms with van der Waals surface area (Å²) in [5.41, 5.74) is 2.94. The highest BCUT2D eigenvalue weighted by molar-refractivity contribution is 5.92. The maximum atomic E-state index is 11.7. The first-order valence-electron chi connectivity index (χ1n) is 5.23. The third-order valence-electron chi connectivity index (χ3n) is 2.45. The second-order valence-electron chi connectivity index (χ2n) is 3.76. The van der Waals surface area contributed by atoms with Crippen LogP contribution in [0.2, 0.25) is 0 Å². The van der Waals surface area contributed by atoms with E-state index in [1.54, 1.807) is 0 Å². The molecular weight excluding hydrogens is 200 g/mol. The van der Waals surface area contributed by atoms with Gasteiger partial charge in [-0.05, 0) is 30.2 Å². The molecule has 0 aliphatic heterocycles. The number of aromatic amines is 1. The summed E-state index contributed by atoms with van der Waals surface area (Å²) in [6, 6.07) is 9.66. The van der Waals surface area contributed by atoms with Gasteiger partial charge in [0.2, 0.25) is 5.91 Å². The number of amides is 1. The maximum Gasteiger partial charge on any atom is 0.228 e. The Morgan fingerprint density at radius 2 is 2.12 bits per heavy atom. The third kappa shape index (κ3) is 2.51. The quantitative estimate of drug-likeness (QED) is 0.810. The van der Waals surface area contributed by atoms with E-state index in [4.69, 9.17) is 0 Å². The van der Waals surface area contributed by atoms with Gasteiger partial charge in [-0.15, -0.1) is 0 Å². The van der Waals surface area contributed by atoms with Gasteiger partial charge < -0.3 is 10.3 Å². The first-order valence-corrected chi connectivity index (χ1v) is 5.23. The van der Waals surface area contributed by atoms with Gasteiger partial charge in [0, 0.05) is 18.1 Å². The van der Waals surface area contributed by atoms with Crippen molar-refractivity contribution >= 4 is 11.6 Å². The topological polar surface area (TPSA) is 44.9 Å². The van der Waals surface area contributed by atoms with Crippen LogP contribution in [0, 0.1) is 6.92 Å². The number of benzene rings is 1. The SMILES string of the molecule is Cc1ccccc1NC(=O)Cc1cc[nH]c1. The second kappa shape index (κ2) is 4.66. The zero-order valence-electron chi connectivity index (χ0n) is 9.16. The normalized spacial score (nSPS) is 10.1. The Labute approximate surface area is 94.5 Å². The molecule has 1 amide bonds. The Balaban J connectivity index is 2.00. The fourth-order valence-electron chi connectivity index (χ4n) is 1.56. The summed E-state index contributed by atoms with van der Waals surface area (Å²) >= 11 is 0. The van der Waals surface area contributed by atoms with Crippen molar-refractivity contribution < 1.29 is 4.79 Å². The molecule has 16 heavy (non-hydrogen) atoms. The van der Waals surface area contributed by atoms with Crippen LogP contribution in [0.15, 0.2) is 42.7 Å². The highest BCUT2D eigenvalue weighted by Gasteiger charge is 2.05. The van der Waals surface area contributed by atoms with E-state index >= 15 is 0 Å². The minimum absolute atomic E-state index is 0.00824. The Kier molecular flexibility index (Phi) is 3.05. The van der Waals surface area contributed by atoms with Gasteiger partial charge in [-0.25, -0.2) is 0 Å². The summed E-state index contributed by atoms with van der Waals surface area (Å²) < 4.78 is 0. The molecule has 0 saturated carbocycles. The molecule has 0 saturated heterocycles. The molecule has 0 unspecified atom stereocenters. The number of aromatic nitrogens is 1. The van der Waals surface area contributed by atoms with Crippen molar-refractivity contribution in [3.8, 4) is 0 Å². The summed E-state index contributed by atoms with van der Waals surface area (Å²) in [6.45, 7) is 1.98. The molecule has 0 radical (unpaired) electrons. The summed E-state index contributed by atoms with van der Waals surface area (Å²) in [6.07, 6.45) is 4.05. The van der Waals surface area contributed by atoms with Crippen LogP contribution in [0.1, 0.15) is 11.1 Å². The summed E-state index contributed by atoms with van der Waals surface area (Å²) in [5.74, 6) is 0.00824. The number of hydrogen-bond donors (Lipinski definition) is 2. The molecule has 2 N–H and O–H groups in total. The predicted molar refractivity (Wildman–Crippen MR) is 64.3 cm³/mol. The number of para-hydroxylation sites is 1. The Bertz CT molecular complexity index is 474.